The van der Waals surface area contributed by atoms with Crippen LogP contribution in [0.3, 0.4) is 0 Å². The van der Waals surface area contributed by atoms with Crippen molar-refractivity contribution >= 4 is 21.4 Å². The molecule has 2 aromatic carbocycles. The third-order valence-corrected chi connectivity index (χ3v) is 6.68. The molecule has 2 rings (SSSR count). The van der Waals surface area contributed by atoms with E-state index >= 15 is 0 Å². The standard InChI is InChI=1S/C20H25NO4S/c1-3-14-20(2,23)18(26(24,25)17-12-8-5-9-13-17)15-19(22)21-16-10-6-4-7-11-16/h4-13,18,23H,3,14-15H2,1-2H3,(H,21,22). The van der Waals surface area contributed by atoms with Gasteiger partial charge in [-0.3, -0.25) is 4.79 Å². The van der Waals surface area contributed by atoms with Crippen molar-refractivity contribution in [2.24, 2.45) is 0 Å². The summed E-state index contributed by atoms with van der Waals surface area (Å²) in [5.74, 6) is -0.447. The molecule has 0 saturated carbocycles. The maximum atomic E-state index is 13.1. The van der Waals surface area contributed by atoms with Crippen LogP contribution in [-0.2, 0) is 14.6 Å². The SMILES string of the molecule is CCCC(C)(O)C(CC(=O)Nc1ccccc1)S(=O)(=O)c1ccccc1. The van der Waals surface area contributed by atoms with Crippen molar-refractivity contribution in [2.75, 3.05) is 5.32 Å². The van der Waals surface area contributed by atoms with E-state index in [1.54, 1.807) is 42.5 Å². The molecular weight excluding hydrogens is 350 g/mol. The van der Waals surface area contributed by atoms with Crippen molar-refractivity contribution < 1.29 is 18.3 Å². The first kappa shape index (κ1) is 20.1. The third kappa shape index (κ3) is 4.93. The Hall–Kier alpha value is -2.18. The maximum Gasteiger partial charge on any atom is 0.225 e. The first-order chi connectivity index (χ1) is 12.3. The van der Waals surface area contributed by atoms with E-state index < -0.39 is 26.6 Å². The van der Waals surface area contributed by atoms with Crippen LogP contribution in [0.25, 0.3) is 0 Å². The Kier molecular flexibility index (Phi) is 6.56. The summed E-state index contributed by atoms with van der Waals surface area (Å²) in [4.78, 5) is 12.6. The number of anilines is 1. The molecular formula is C20H25NO4S. The molecule has 1 amide bonds. The zero-order valence-corrected chi connectivity index (χ0v) is 15.9. The molecule has 0 spiro atoms. The highest BCUT2D eigenvalue weighted by atomic mass is 32.2. The molecule has 0 aliphatic rings. The van der Waals surface area contributed by atoms with Crippen LogP contribution in [0.4, 0.5) is 5.69 Å². The van der Waals surface area contributed by atoms with Gasteiger partial charge in [0.25, 0.3) is 0 Å². The molecule has 26 heavy (non-hydrogen) atoms. The molecule has 0 saturated heterocycles. The Morgan fingerprint density at radius 3 is 2.15 bits per heavy atom. The summed E-state index contributed by atoms with van der Waals surface area (Å²) in [6, 6.07) is 16.8. The van der Waals surface area contributed by atoms with Gasteiger partial charge in [0.1, 0.15) is 5.25 Å². The van der Waals surface area contributed by atoms with Crippen LogP contribution < -0.4 is 5.32 Å². The molecule has 140 valence electrons. The van der Waals surface area contributed by atoms with E-state index in [-0.39, 0.29) is 17.7 Å². The summed E-state index contributed by atoms with van der Waals surface area (Å²) in [5.41, 5.74) is -0.930. The van der Waals surface area contributed by atoms with Gasteiger partial charge in [0.05, 0.1) is 10.5 Å². The largest absolute Gasteiger partial charge is 0.389 e. The summed E-state index contributed by atoms with van der Waals surface area (Å²) in [6.07, 6.45) is 0.565. The zero-order chi connectivity index (χ0) is 19.2. The maximum absolute atomic E-state index is 13.1. The van der Waals surface area contributed by atoms with Crippen LogP contribution in [0.15, 0.2) is 65.6 Å². The lowest BCUT2D eigenvalue weighted by Crippen LogP contribution is -2.46. The number of rotatable bonds is 8. The lowest BCUT2D eigenvalue weighted by atomic mass is 9.94. The van der Waals surface area contributed by atoms with E-state index in [4.69, 9.17) is 0 Å². The number of nitrogens with one attached hydrogen (secondary N) is 1. The lowest BCUT2D eigenvalue weighted by Gasteiger charge is -2.32. The number of amides is 1. The predicted molar refractivity (Wildman–Crippen MR) is 103 cm³/mol. The summed E-state index contributed by atoms with van der Waals surface area (Å²) >= 11 is 0. The molecule has 0 fully saturated rings. The normalized spacial score (nSPS) is 15.0. The quantitative estimate of drug-likeness (QED) is 0.741. The minimum atomic E-state index is -3.88. The van der Waals surface area contributed by atoms with Gasteiger partial charge in [0.2, 0.25) is 5.91 Å². The summed E-state index contributed by atoms with van der Waals surface area (Å²) in [5, 5.41) is 12.3. The highest BCUT2D eigenvalue weighted by Crippen LogP contribution is 2.30. The van der Waals surface area contributed by atoms with Gasteiger partial charge >= 0.3 is 0 Å². The van der Waals surface area contributed by atoms with Gasteiger partial charge < -0.3 is 10.4 Å². The molecule has 2 N–H and O–H groups in total. The second-order valence-corrected chi connectivity index (χ2v) is 8.70. The molecule has 2 unspecified atom stereocenters. The van der Waals surface area contributed by atoms with Gasteiger partial charge in [-0.25, -0.2) is 8.42 Å². The minimum absolute atomic E-state index is 0.105. The molecule has 0 aliphatic heterocycles. The number of aliphatic hydroxyl groups is 1. The second-order valence-electron chi connectivity index (χ2n) is 6.57. The highest BCUT2D eigenvalue weighted by Gasteiger charge is 2.42. The first-order valence-corrected chi connectivity index (χ1v) is 10.2. The Morgan fingerprint density at radius 2 is 1.62 bits per heavy atom. The fraction of sp³-hybridized carbons (Fsp3) is 0.350. The molecule has 5 nitrogen and oxygen atoms in total. The van der Waals surface area contributed by atoms with Gasteiger partial charge in [-0.05, 0) is 37.6 Å². The smallest absolute Gasteiger partial charge is 0.225 e. The van der Waals surface area contributed by atoms with Crippen molar-refractivity contribution in [3.8, 4) is 0 Å². The number of carbonyl (C=O) groups is 1. The summed E-state index contributed by atoms with van der Waals surface area (Å²) < 4.78 is 26.2. The van der Waals surface area contributed by atoms with Gasteiger partial charge in [0.15, 0.2) is 9.84 Å². The number of hydrogen-bond donors (Lipinski definition) is 2. The van der Waals surface area contributed by atoms with E-state index in [2.05, 4.69) is 5.32 Å². The Labute approximate surface area is 155 Å². The van der Waals surface area contributed by atoms with Crippen molar-refractivity contribution in [1.82, 2.24) is 0 Å². The van der Waals surface area contributed by atoms with Crippen LogP contribution in [0.5, 0.6) is 0 Å². The van der Waals surface area contributed by atoms with Gasteiger partial charge in [-0.1, -0.05) is 49.7 Å². The van der Waals surface area contributed by atoms with E-state index in [9.17, 15) is 18.3 Å². The average molecular weight is 375 g/mol. The van der Waals surface area contributed by atoms with Crippen molar-refractivity contribution in [2.45, 2.75) is 48.9 Å². The van der Waals surface area contributed by atoms with Gasteiger partial charge in [-0.15, -0.1) is 0 Å². The van der Waals surface area contributed by atoms with Crippen LogP contribution in [0.2, 0.25) is 0 Å². The second kappa shape index (κ2) is 8.47. The third-order valence-electron chi connectivity index (χ3n) is 4.32. The molecule has 0 bridgehead atoms. The molecule has 2 atom stereocenters. The topological polar surface area (TPSA) is 83.5 Å². The number of hydrogen-bond acceptors (Lipinski definition) is 4. The lowest BCUT2D eigenvalue weighted by molar-refractivity contribution is -0.117. The van der Waals surface area contributed by atoms with Crippen LogP contribution in [0, 0.1) is 0 Å². The van der Waals surface area contributed by atoms with Crippen molar-refractivity contribution in [3.05, 3.63) is 60.7 Å². The number of sulfone groups is 1. The van der Waals surface area contributed by atoms with Gasteiger partial charge in [0, 0.05) is 12.1 Å². The molecule has 6 heteroatoms. The van der Waals surface area contributed by atoms with Crippen LogP contribution in [-0.4, -0.2) is 30.3 Å². The van der Waals surface area contributed by atoms with E-state index in [0.717, 1.165) is 0 Å². The van der Waals surface area contributed by atoms with E-state index in [1.807, 2.05) is 13.0 Å². The fourth-order valence-corrected chi connectivity index (χ4v) is 5.03. The fourth-order valence-electron chi connectivity index (χ4n) is 3.01. The Balaban J connectivity index is 2.31. The molecule has 0 aromatic heterocycles. The Morgan fingerprint density at radius 1 is 1.08 bits per heavy atom. The van der Waals surface area contributed by atoms with E-state index in [0.29, 0.717) is 12.1 Å². The summed E-state index contributed by atoms with van der Waals surface area (Å²) in [6.45, 7) is 3.35. The summed E-state index contributed by atoms with van der Waals surface area (Å²) in [7, 11) is -3.88. The number of carbonyl (C=O) groups excluding carboxylic acids is 1. The monoisotopic (exact) mass is 375 g/mol. The molecule has 2 aromatic rings. The zero-order valence-electron chi connectivity index (χ0n) is 15.1. The average Bonchev–Trinajstić information content (AvgIpc) is 2.61. The number of benzene rings is 2. The molecule has 0 aliphatic carbocycles. The number of para-hydroxylation sites is 1. The van der Waals surface area contributed by atoms with Crippen molar-refractivity contribution in [1.29, 1.82) is 0 Å². The highest BCUT2D eigenvalue weighted by molar-refractivity contribution is 7.92. The van der Waals surface area contributed by atoms with Crippen LogP contribution >= 0.6 is 0 Å². The van der Waals surface area contributed by atoms with Crippen molar-refractivity contribution in [3.63, 3.8) is 0 Å². The Bertz CT molecular complexity index is 817. The van der Waals surface area contributed by atoms with Crippen LogP contribution in [0.1, 0.15) is 33.1 Å². The molecule has 0 heterocycles. The molecule has 0 radical (unpaired) electrons. The minimum Gasteiger partial charge on any atom is -0.389 e. The predicted octanol–water partition coefficient (Wildman–Crippen LogP) is 3.41. The van der Waals surface area contributed by atoms with E-state index in [1.165, 1.54) is 19.1 Å². The van der Waals surface area contributed by atoms with Gasteiger partial charge in [-0.2, -0.15) is 0 Å². The first-order valence-electron chi connectivity index (χ1n) is 8.63.